The van der Waals surface area contributed by atoms with Gasteiger partial charge in [-0.05, 0) is 26.3 Å². The fraction of sp³-hybridized carbons (Fsp3) is 0.412. The molecule has 0 bridgehead atoms. The molecule has 0 spiro atoms. The molecule has 1 saturated heterocycles. The van der Waals surface area contributed by atoms with Gasteiger partial charge in [0, 0.05) is 11.6 Å². The number of nitrogens with zero attached hydrogens (tertiary/aromatic N) is 3. The highest BCUT2D eigenvalue weighted by atomic mass is 16.7. The Labute approximate surface area is 141 Å². The lowest BCUT2D eigenvalue weighted by atomic mass is 10.0. The number of aromatic nitrogens is 2. The Morgan fingerprint density at radius 3 is 2.50 bits per heavy atom. The van der Waals surface area contributed by atoms with E-state index >= 15 is 0 Å². The van der Waals surface area contributed by atoms with Crippen molar-refractivity contribution in [3.05, 3.63) is 42.0 Å². The first kappa shape index (κ1) is 16.5. The van der Waals surface area contributed by atoms with Crippen molar-refractivity contribution < 1.29 is 9.47 Å². The van der Waals surface area contributed by atoms with Gasteiger partial charge in [-0.1, -0.05) is 30.3 Å². The van der Waals surface area contributed by atoms with Gasteiger partial charge >= 0.3 is 0 Å². The number of hydrogen-bond donors (Lipinski definition) is 2. The van der Waals surface area contributed by atoms with Gasteiger partial charge < -0.3 is 20.9 Å². The molecule has 2 unspecified atom stereocenters. The zero-order valence-electron chi connectivity index (χ0n) is 14.1. The number of benzene rings is 1. The zero-order valence-corrected chi connectivity index (χ0v) is 14.1. The number of ether oxygens (including phenoxy) is 2. The average molecular weight is 329 g/mol. The highest BCUT2D eigenvalue weighted by molar-refractivity contribution is 5.38. The second-order valence-corrected chi connectivity index (χ2v) is 6.76. The molecule has 0 radical (unpaired) electrons. The molecule has 7 heteroatoms. The van der Waals surface area contributed by atoms with Crippen LogP contribution in [0.4, 0.5) is 11.8 Å². The predicted molar refractivity (Wildman–Crippen MR) is 92.0 cm³/mol. The number of nitrogens with two attached hydrogens (primary N) is 2. The number of nitrogen functional groups attached to an aromatic ring is 2. The molecule has 24 heavy (non-hydrogen) atoms. The van der Waals surface area contributed by atoms with Gasteiger partial charge in [0.25, 0.3) is 0 Å². The Kier molecular flexibility index (Phi) is 4.29. The maximum Gasteiger partial charge on any atom is 0.225 e. The van der Waals surface area contributed by atoms with Crippen LogP contribution >= 0.6 is 0 Å². The van der Waals surface area contributed by atoms with Crippen molar-refractivity contribution in [3.63, 3.8) is 0 Å². The van der Waals surface area contributed by atoms with Gasteiger partial charge in [-0.15, -0.1) is 0 Å². The predicted octanol–water partition coefficient (Wildman–Crippen LogP) is 2.18. The van der Waals surface area contributed by atoms with Crippen LogP contribution in [0.3, 0.4) is 0 Å². The van der Waals surface area contributed by atoms with Gasteiger partial charge in [-0.25, -0.2) is 0 Å². The van der Waals surface area contributed by atoms with Crippen LogP contribution in [-0.4, -0.2) is 33.2 Å². The Morgan fingerprint density at radius 1 is 1.17 bits per heavy atom. The van der Waals surface area contributed by atoms with Crippen LogP contribution in [0.15, 0.2) is 36.4 Å². The van der Waals surface area contributed by atoms with Crippen molar-refractivity contribution in [2.75, 3.05) is 18.0 Å². The highest BCUT2D eigenvalue weighted by Crippen LogP contribution is 2.36. The normalized spacial score (nSPS) is 21.8. The van der Waals surface area contributed by atoms with E-state index < -0.39 is 6.29 Å². The lowest BCUT2D eigenvalue weighted by Crippen LogP contribution is -2.42. The third-order valence-corrected chi connectivity index (χ3v) is 3.85. The quantitative estimate of drug-likeness (QED) is 0.890. The molecule has 0 amide bonds. The van der Waals surface area contributed by atoms with Gasteiger partial charge in [0.1, 0.15) is 12.0 Å². The minimum absolute atomic E-state index is 0.0790. The van der Waals surface area contributed by atoms with Crippen LogP contribution in [-0.2, 0) is 4.74 Å². The van der Waals surface area contributed by atoms with Gasteiger partial charge in [-0.3, -0.25) is 4.90 Å². The smallest absolute Gasteiger partial charge is 0.225 e. The van der Waals surface area contributed by atoms with Gasteiger partial charge in [0.15, 0.2) is 0 Å². The van der Waals surface area contributed by atoms with Gasteiger partial charge in [-0.2, -0.15) is 9.97 Å². The first-order valence-corrected chi connectivity index (χ1v) is 7.87. The third-order valence-electron chi connectivity index (χ3n) is 3.85. The van der Waals surface area contributed by atoms with E-state index in [0.717, 1.165) is 5.56 Å². The SMILES string of the molecule is CC(C)(C)N1CC(Oc2cc(N)nc(N)n2)OC1c1ccccc1. The molecule has 1 aliphatic rings. The van der Waals surface area contributed by atoms with Crippen molar-refractivity contribution in [2.24, 2.45) is 0 Å². The number of hydrogen-bond acceptors (Lipinski definition) is 7. The third kappa shape index (κ3) is 3.58. The zero-order chi connectivity index (χ0) is 17.3. The molecule has 3 rings (SSSR count). The summed E-state index contributed by atoms with van der Waals surface area (Å²) in [6.45, 7) is 7.05. The van der Waals surface area contributed by atoms with Crippen LogP contribution in [0.2, 0.25) is 0 Å². The molecule has 1 fully saturated rings. The summed E-state index contributed by atoms with van der Waals surface area (Å²) >= 11 is 0. The van der Waals surface area contributed by atoms with Crippen LogP contribution in [0, 0.1) is 0 Å². The number of rotatable bonds is 3. The molecular formula is C17H23N5O2. The monoisotopic (exact) mass is 329 g/mol. The minimum atomic E-state index is -0.469. The van der Waals surface area contributed by atoms with Crippen LogP contribution in [0.25, 0.3) is 0 Å². The lowest BCUT2D eigenvalue weighted by Gasteiger charge is -2.35. The Morgan fingerprint density at radius 2 is 1.88 bits per heavy atom. The molecule has 2 heterocycles. The molecule has 1 aromatic heterocycles. The van der Waals surface area contributed by atoms with E-state index in [0.29, 0.717) is 12.4 Å². The highest BCUT2D eigenvalue weighted by Gasteiger charge is 2.41. The van der Waals surface area contributed by atoms with E-state index in [-0.39, 0.29) is 23.5 Å². The van der Waals surface area contributed by atoms with Gasteiger partial charge in [0.05, 0.1) is 6.54 Å². The Balaban J connectivity index is 1.82. The van der Waals surface area contributed by atoms with E-state index in [9.17, 15) is 0 Å². The van der Waals surface area contributed by atoms with E-state index in [4.69, 9.17) is 20.9 Å². The molecule has 1 aromatic carbocycles. The maximum absolute atomic E-state index is 6.13. The maximum atomic E-state index is 6.13. The largest absolute Gasteiger partial charge is 0.446 e. The Hall–Kier alpha value is -2.38. The first-order chi connectivity index (χ1) is 11.3. The molecule has 128 valence electrons. The Bertz CT molecular complexity index is 682. The molecule has 0 aliphatic carbocycles. The molecule has 7 nitrogen and oxygen atoms in total. The van der Waals surface area contributed by atoms with Gasteiger partial charge in [0.2, 0.25) is 18.1 Å². The van der Waals surface area contributed by atoms with Crippen LogP contribution in [0.5, 0.6) is 5.88 Å². The second-order valence-electron chi connectivity index (χ2n) is 6.76. The van der Waals surface area contributed by atoms with Crippen molar-refractivity contribution in [3.8, 4) is 5.88 Å². The van der Waals surface area contributed by atoms with Crippen LogP contribution < -0.4 is 16.2 Å². The second kappa shape index (κ2) is 6.26. The molecular weight excluding hydrogens is 306 g/mol. The average Bonchev–Trinajstić information content (AvgIpc) is 2.91. The van der Waals surface area contributed by atoms with Crippen LogP contribution in [0.1, 0.15) is 32.6 Å². The fourth-order valence-corrected chi connectivity index (χ4v) is 2.74. The van der Waals surface area contributed by atoms with E-state index in [1.807, 2.05) is 30.3 Å². The van der Waals surface area contributed by atoms with Crippen molar-refractivity contribution in [1.82, 2.24) is 14.9 Å². The first-order valence-electron chi connectivity index (χ1n) is 7.87. The summed E-state index contributed by atoms with van der Waals surface area (Å²) in [6.07, 6.45) is -0.657. The van der Waals surface area contributed by atoms with E-state index in [2.05, 4.69) is 35.6 Å². The fourth-order valence-electron chi connectivity index (χ4n) is 2.74. The van der Waals surface area contributed by atoms with Crippen molar-refractivity contribution >= 4 is 11.8 Å². The number of anilines is 2. The molecule has 4 N–H and O–H groups in total. The topological polar surface area (TPSA) is 99.5 Å². The lowest BCUT2D eigenvalue weighted by molar-refractivity contribution is -0.0930. The van der Waals surface area contributed by atoms with E-state index in [1.54, 1.807) is 0 Å². The summed E-state index contributed by atoms with van der Waals surface area (Å²) in [7, 11) is 0. The summed E-state index contributed by atoms with van der Waals surface area (Å²) < 4.78 is 12.0. The molecule has 2 atom stereocenters. The summed E-state index contributed by atoms with van der Waals surface area (Å²) in [5, 5.41) is 0. The van der Waals surface area contributed by atoms with Crippen molar-refractivity contribution in [2.45, 2.75) is 38.8 Å². The minimum Gasteiger partial charge on any atom is -0.446 e. The molecule has 2 aromatic rings. The standard InChI is InChI=1S/C17H23N5O2/c1-17(2,3)22-10-14(23-13-9-12(18)20-16(19)21-13)24-15(22)11-7-5-4-6-8-11/h4-9,14-15H,10H2,1-3H3,(H4,18,19,20,21). The summed E-state index contributed by atoms with van der Waals surface area (Å²) in [5.74, 6) is 0.658. The molecule has 0 saturated carbocycles. The van der Waals surface area contributed by atoms with Crippen molar-refractivity contribution in [1.29, 1.82) is 0 Å². The molecule has 1 aliphatic heterocycles. The summed E-state index contributed by atoms with van der Waals surface area (Å²) in [4.78, 5) is 10.1. The summed E-state index contributed by atoms with van der Waals surface area (Å²) in [5.41, 5.74) is 12.3. The summed E-state index contributed by atoms with van der Waals surface area (Å²) in [6, 6.07) is 11.6. The van der Waals surface area contributed by atoms with E-state index in [1.165, 1.54) is 6.07 Å².